The molecule has 1 aromatic heterocycles. The van der Waals surface area contributed by atoms with Crippen LogP contribution in [0.2, 0.25) is 0 Å². The predicted molar refractivity (Wildman–Crippen MR) is 67.5 cm³/mol. The molecule has 0 saturated carbocycles. The first-order valence-corrected chi connectivity index (χ1v) is 5.58. The van der Waals surface area contributed by atoms with Gasteiger partial charge in [0.1, 0.15) is 11.4 Å². The van der Waals surface area contributed by atoms with E-state index in [9.17, 15) is 9.18 Å². The minimum absolute atomic E-state index is 0.0830. The maximum atomic E-state index is 12.8. The van der Waals surface area contributed by atoms with E-state index >= 15 is 0 Å². The van der Waals surface area contributed by atoms with Crippen LogP contribution in [-0.2, 0) is 6.54 Å². The van der Waals surface area contributed by atoms with Crippen LogP contribution in [0.3, 0.4) is 0 Å². The molecule has 0 atom stereocenters. The molecule has 1 heterocycles. The topological polar surface area (TPSA) is 66.3 Å². The van der Waals surface area contributed by atoms with Gasteiger partial charge in [0.15, 0.2) is 5.82 Å². The number of carboxylic acids is 1. The van der Waals surface area contributed by atoms with Gasteiger partial charge in [0.25, 0.3) is 0 Å². The van der Waals surface area contributed by atoms with Gasteiger partial charge < -0.3 is 10.0 Å². The van der Waals surface area contributed by atoms with Crippen molar-refractivity contribution in [3.05, 3.63) is 53.5 Å². The van der Waals surface area contributed by atoms with Crippen LogP contribution in [0.1, 0.15) is 15.9 Å². The Morgan fingerprint density at radius 3 is 2.63 bits per heavy atom. The summed E-state index contributed by atoms with van der Waals surface area (Å²) in [6, 6.07) is 7.40. The summed E-state index contributed by atoms with van der Waals surface area (Å²) in [4.78, 5) is 12.7. The maximum Gasteiger partial charge on any atom is 0.339 e. The largest absolute Gasteiger partial charge is 0.478 e. The highest BCUT2D eigenvalue weighted by Gasteiger charge is 2.15. The fourth-order valence-corrected chi connectivity index (χ4v) is 1.71. The van der Waals surface area contributed by atoms with Crippen molar-refractivity contribution >= 4 is 11.8 Å². The van der Waals surface area contributed by atoms with Gasteiger partial charge in [0.2, 0.25) is 0 Å². The molecule has 0 bridgehead atoms. The Bertz CT molecular complexity index is 587. The molecule has 0 aliphatic carbocycles. The van der Waals surface area contributed by atoms with Crippen LogP contribution >= 0.6 is 0 Å². The number of hydrogen-bond donors (Lipinski definition) is 1. The summed E-state index contributed by atoms with van der Waals surface area (Å²) in [6.07, 6.45) is 1.33. The number of carboxylic acid groups (broad SMARTS) is 1. The number of hydrogen-bond acceptors (Lipinski definition) is 4. The molecule has 0 aliphatic rings. The van der Waals surface area contributed by atoms with Crippen molar-refractivity contribution in [3.63, 3.8) is 0 Å². The molecule has 0 fully saturated rings. The molecule has 19 heavy (non-hydrogen) atoms. The lowest BCUT2D eigenvalue weighted by atomic mass is 10.2. The quantitative estimate of drug-likeness (QED) is 0.911. The van der Waals surface area contributed by atoms with E-state index in [0.29, 0.717) is 6.54 Å². The molecular weight excluding hydrogens is 249 g/mol. The fourth-order valence-electron chi connectivity index (χ4n) is 1.71. The van der Waals surface area contributed by atoms with Gasteiger partial charge >= 0.3 is 5.97 Å². The molecule has 98 valence electrons. The van der Waals surface area contributed by atoms with Crippen molar-refractivity contribution in [1.82, 2.24) is 10.2 Å². The standard InChI is InChI=1S/C13H12FN3O2/c1-17(8-9-2-4-10(14)5-3-9)12-11(13(18)19)6-7-15-16-12/h2-7H,8H2,1H3,(H,18,19). The molecule has 1 aromatic carbocycles. The molecule has 5 nitrogen and oxygen atoms in total. The summed E-state index contributed by atoms with van der Waals surface area (Å²) in [5, 5.41) is 16.6. The summed E-state index contributed by atoms with van der Waals surface area (Å²) in [5.41, 5.74) is 0.936. The molecule has 0 spiro atoms. The molecule has 0 amide bonds. The number of nitrogens with zero attached hydrogens (tertiary/aromatic N) is 3. The number of anilines is 1. The molecule has 0 radical (unpaired) electrons. The van der Waals surface area contributed by atoms with E-state index in [1.807, 2.05) is 0 Å². The van der Waals surface area contributed by atoms with Crippen LogP contribution in [0.5, 0.6) is 0 Å². The molecular formula is C13H12FN3O2. The minimum atomic E-state index is -1.06. The number of benzene rings is 1. The van der Waals surface area contributed by atoms with E-state index < -0.39 is 5.97 Å². The van der Waals surface area contributed by atoms with Gasteiger partial charge in [-0.2, -0.15) is 5.10 Å². The molecule has 0 saturated heterocycles. The second kappa shape index (κ2) is 5.43. The Labute approximate surface area is 109 Å². The number of aromatic carboxylic acids is 1. The van der Waals surface area contributed by atoms with Gasteiger partial charge in [-0.15, -0.1) is 5.10 Å². The molecule has 6 heteroatoms. The Hall–Kier alpha value is -2.50. The zero-order valence-electron chi connectivity index (χ0n) is 10.2. The van der Waals surface area contributed by atoms with E-state index in [1.54, 1.807) is 24.1 Å². The van der Waals surface area contributed by atoms with Crippen LogP contribution < -0.4 is 4.90 Å². The van der Waals surface area contributed by atoms with Crippen LogP contribution in [0.4, 0.5) is 10.2 Å². The van der Waals surface area contributed by atoms with Gasteiger partial charge in [-0.1, -0.05) is 12.1 Å². The second-order valence-electron chi connectivity index (χ2n) is 4.06. The highest BCUT2D eigenvalue weighted by molar-refractivity contribution is 5.93. The Morgan fingerprint density at radius 2 is 2.00 bits per heavy atom. The van der Waals surface area contributed by atoms with Crippen LogP contribution in [0.25, 0.3) is 0 Å². The van der Waals surface area contributed by atoms with E-state index in [0.717, 1.165) is 5.56 Å². The van der Waals surface area contributed by atoms with Gasteiger partial charge in [-0.25, -0.2) is 9.18 Å². The maximum absolute atomic E-state index is 12.8. The summed E-state index contributed by atoms with van der Waals surface area (Å²) in [6.45, 7) is 0.416. The van der Waals surface area contributed by atoms with E-state index in [-0.39, 0.29) is 17.2 Å². The predicted octanol–water partition coefficient (Wildman–Crippen LogP) is 1.95. The van der Waals surface area contributed by atoms with Crippen LogP contribution in [0.15, 0.2) is 36.5 Å². The lowest BCUT2D eigenvalue weighted by Gasteiger charge is -2.19. The van der Waals surface area contributed by atoms with Crippen molar-refractivity contribution in [1.29, 1.82) is 0 Å². The minimum Gasteiger partial charge on any atom is -0.478 e. The monoisotopic (exact) mass is 261 g/mol. The second-order valence-corrected chi connectivity index (χ2v) is 4.06. The summed E-state index contributed by atoms with van der Waals surface area (Å²) >= 11 is 0. The lowest BCUT2D eigenvalue weighted by Crippen LogP contribution is -2.21. The number of rotatable bonds is 4. The Balaban J connectivity index is 2.22. The highest BCUT2D eigenvalue weighted by atomic mass is 19.1. The molecule has 1 N–H and O–H groups in total. The number of halogens is 1. The van der Waals surface area contributed by atoms with Crippen LogP contribution in [-0.4, -0.2) is 28.3 Å². The third-order valence-electron chi connectivity index (χ3n) is 2.63. The summed E-state index contributed by atoms with van der Waals surface area (Å²) in [5.74, 6) is -1.09. The van der Waals surface area contributed by atoms with Gasteiger partial charge in [-0.3, -0.25) is 0 Å². The third kappa shape index (κ3) is 3.04. The SMILES string of the molecule is CN(Cc1ccc(F)cc1)c1nnccc1C(=O)O. The van der Waals surface area contributed by atoms with Crippen molar-refractivity contribution in [2.45, 2.75) is 6.54 Å². The summed E-state index contributed by atoms with van der Waals surface area (Å²) < 4.78 is 12.8. The van der Waals surface area contributed by atoms with Crippen LogP contribution in [0, 0.1) is 5.82 Å². The zero-order chi connectivity index (χ0) is 13.8. The van der Waals surface area contributed by atoms with Crippen molar-refractivity contribution in [3.8, 4) is 0 Å². The van der Waals surface area contributed by atoms with Crippen molar-refractivity contribution in [2.75, 3.05) is 11.9 Å². The fraction of sp³-hybridized carbons (Fsp3) is 0.154. The number of aromatic nitrogens is 2. The molecule has 0 unspecified atom stereocenters. The van der Waals surface area contributed by atoms with Gasteiger partial charge in [0.05, 0.1) is 6.20 Å². The first kappa shape index (κ1) is 12.9. The van der Waals surface area contributed by atoms with Crippen molar-refractivity contribution < 1.29 is 14.3 Å². The van der Waals surface area contributed by atoms with E-state index in [1.165, 1.54) is 24.4 Å². The van der Waals surface area contributed by atoms with Gasteiger partial charge in [0, 0.05) is 13.6 Å². The number of carbonyl (C=O) groups is 1. The normalized spacial score (nSPS) is 10.2. The first-order chi connectivity index (χ1) is 9.08. The highest BCUT2D eigenvalue weighted by Crippen LogP contribution is 2.17. The summed E-state index contributed by atoms with van der Waals surface area (Å²) in [7, 11) is 1.71. The van der Waals surface area contributed by atoms with Gasteiger partial charge in [-0.05, 0) is 23.8 Å². The smallest absolute Gasteiger partial charge is 0.339 e. The average Bonchev–Trinajstić information content (AvgIpc) is 2.41. The molecule has 2 aromatic rings. The first-order valence-electron chi connectivity index (χ1n) is 5.58. The lowest BCUT2D eigenvalue weighted by molar-refractivity contribution is 0.0697. The zero-order valence-corrected chi connectivity index (χ0v) is 10.2. The van der Waals surface area contributed by atoms with E-state index in [4.69, 9.17) is 5.11 Å². The van der Waals surface area contributed by atoms with Crippen molar-refractivity contribution in [2.24, 2.45) is 0 Å². The molecule has 0 aliphatic heterocycles. The van der Waals surface area contributed by atoms with E-state index in [2.05, 4.69) is 10.2 Å². The average molecular weight is 261 g/mol. The Kier molecular flexibility index (Phi) is 3.70. The Morgan fingerprint density at radius 1 is 1.32 bits per heavy atom. The molecule has 2 rings (SSSR count). The third-order valence-corrected chi connectivity index (χ3v) is 2.63.